The minimum atomic E-state index is -0.277. The molecule has 0 saturated carbocycles. The van der Waals surface area contributed by atoms with Crippen molar-refractivity contribution in [3.63, 3.8) is 0 Å². The van der Waals surface area contributed by atoms with Gasteiger partial charge < -0.3 is 9.88 Å². The van der Waals surface area contributed by atoms with Crippen LogP contribution in [0.4, 0.5) is 0 Å². The Morgan fingerprint density at radius 3 is 2.58 bits per heavy atom. The predicted octanol–water partition coefficient (Wildman–Crippen LogP) is 4.38. The van der Waals surface area contributed by atoms with Crippen LogP contribution in [0.3, 0.4) is 0 Å². The number of imidazole rings is 1. The fourth-order valence-corrected chi connectivity index (χ4v) is 4.36. The Morgan fingerprint density at radius 1 is 1.00 bits per heavy atom. The Kier molecular flexibility index (Phi) is 5.20. The number of fused-ring (bicyclic) bond motifs is 3. The molecule has 0 spiro atoms. The van der Waals surface area contributed by atoms with E-state index in [0.717, 1.165) is 54.1 Å². The van der Waals surface area contributed by atoms with Crippen LogP contribution in [0.5, 0.6) is 0 Å². The van der Waals surface area contributed by atoms with Crippen LogP contribution in [0.25, 0.3) is 11.2 Å². The monoisotopic (exact) mass is 411 g/mol. The second-order valence-electron chi connectivity index (χ2n) is 8.07. The molecule has 1 aliphatic heterocycles. The molecular formula is C25H25N5O. The van der Waals surface area contributed by atoms with E-state index in [1.54, 1.807) is 12.4 Å². The van der Waals surface area contributed by atoms with E-state index in [9.17, 15) is 4.79 Å². The van der Waals surface area contributed by atoms with Gasteiger partial charge in [0.25, 0.3) is 5.91 Å². The Labute approximate surface area is 181 Å². The summed E-state index contributed by atoms with van der Waals surface area (Å²) < 4.78 is 2.20. The van der Waals surface area contributed by atoms with Crippen LogP contribution in [0.2, 0.25) is 0 Å². The number of aryl methyl sites for hydroxylation is 3. The number of rotatable bonds is 4. The maximum Gasteiger partial charge on any atom is 0.254 e. The molecule has 4 aromatic rings. The second kappa shape index (κ2) is 8.30. The number of aromatic nitrogens is 4. The first kappa shape index (κ1) is 19.4. The molecule has 0 bridgehead atoms. The number of nitrogens with one attached hydrogen (secondary N) is 1. The molecule has 156 valence electrons. The van der Waals surface area contributed by atoms with Gasteiger partial charge in [-0.2, -0.15) is 0 Å². The van der Waals surface area contributed by atoms with E-state index in [1.807, 2.05) is 55.5 Å². The molecule has 0 aliphatic carbocycles. The minimum Gasteiger partial charge on any atom is -0.341 e. The van der Waals surface area contributed by atoms with Crippen LogP contribution in [0.1, 0.15) is 58.3 Å². The number of hydrogen-bond donors (Lipinski definition) is 1. The molecule has 4 heterocycles. The SMILES string of the molecule is Cc1cc(C(=O)N[C@H](c2ccccc2)c2ccncc2)c2nc3n(c2n1)CCCCC3. The van der Waals surface area contributed by atoms with E-state index >= 15 is 0 Å². The first-order valence-corrected chi connectivity index (χ1v) is 10.8. The largest absolute Gasteiger partial charge is 0.341 e. The maximum atomic E-state index is 13.5. The number of carbonyl (C=O) groups is 1. The predicted molar refractivity (Wildman–Crippen MR) is 120 cm³/mol. The van der Waals surface area contributed by atoms with Gasteiger partial charge in [-0.05, 0) is 49.1 Å². The fraction of sp³-hybridized carbons (Fsp3) is 0.280. The molecule has 5 rings (SSSR count). The number of carbonyl (C=O) groups excluding carboxylic acids is 1. The zero-order chi connectivity index (χ0) is 21.2. The third kappa shape index (κ3) is 3.81. The van der Waals surface area contributed by atoms with E-state index in [0.29, 0.717) is 11.1 Å². The first-order valence-electron chi connectivity index (χ1n) is 10.8. The van der Waals surface area contributed by atoms with Crippen molar-refractivity contribution < 1.29 is 4.79 Å². The third-order valence-corrected chi connectivity index (χ3v) is 5.89. The van der Waals surface area contributed by atoms with Gasteiger partial charge in [0, 0.05) is 31.1 Å². The quantitative estimate of drug-likeness (QED) is 0.541. The summed E-state index contributed by atoms with van der Waals surface area (Å²) in [5, 5.41) is 3.23. The van der Waals surface area contributed by atoms with Crippen molar-refractivity contribution >= 4 is 17.1 Å². The summed E-state index contributed by atoms with van der Waals surface area (Å²) in [6, 6.07) is 15.4. The lowest BCUT2D eigenvalue weighted by atomic mass is 9.99. The van der Waals surface area contributed by atoms with Gasteiger partial charge in [-0.3, -0.25) is 9.78 Å². The summed E-state index contributed by atoms with van der Waals surface area (Å²) in [6.07, 6.45) is 7.88. The fourth-order valence-electron chi connectivity index (χ4n) is 4.36. The van der Waals surface area contributed by atoms with E-state index in [4.69, 9.17) is 9.97 Å². The summed E-state index contributed by atoms with van der Waals surface area (Å²) in [6.45, 7) is 2.84. The first-order chi connectivity index (χ1) is 15.2. The molecule has 6 heteroatoms. The standard InChI is InChI=1S/C25H25N5O/c1-17-16-20(23-24(27-17)30-15-7-3-6-10-21(30)28-23)25(31)29-22(18-8-4-2-5-9-18)19-11-13-26-14-12-19/h2,4-5,8-9,11-14,16,22H,3,6-7,10,15H2,1H3,(H,29,31)/t22-/m1/s1. The normalized spacial score (nSPS) is 14.6. The number of hydrogen-bond acceptors (Lipinski definition) is 4. The second-order valence-corrected chi connectivity index (χ2v) is 8.07. The number of pyridine rings is 2. The number of amides is 1. The van der Waals surface area contributed by atoms with Crippen LogP contribution >= 0.6 is 0 Å². The van der Waals surface area contributed by atoms with Gasteiger partial charge in [0.2, 0.25) is 0 Å². The molecule has 31 heavy (non-hydrogen) atoms. The van der Waals surface area contributed by atoms with Crippen molar-refractivity contribution in [2.24, 2.45) is 0 Å². The number of benzene rings is 1. The van der Waals surface area contributed by atoms with Gasteiger partial charge in [-0.15, -0.1) is 0 Å². The summed E-state index contributed by atoms with van der Waals surface area (Å²) in [5.74, 6) is 0.891. The van der Waals surface area contributed by atoms with Gasteiger partial charge in [-0.1, -0.05) is 36.8 Å². The highest BCUT2D eigenvalue weighted by molar-refractivity contribution is 6.04. The molecule has 1 aromatic carbocycles. The van der Waals surface area contributed by atoms with Crippen molar-refractivity contribution in [3.05, 3.63) is 89.1 Å². The molecule has 0 radical (unpaired) electrons. The molecule has 3 aromatic heterocycles. The maximum absolute atomic E-state index is 13.5. The lowest BCUT2D eigenvalue weighted by Gasteiger charge is -2.20. The average molecular weight is 412 g/mol. The highest BCUT2D eigenvalue weighted by Gasteiger charge is 2.23. The smallest absolute Gasteiger partial charge is 0.254 e. The van der Waals surface area contributed by atoms with E-state index < -0.39 is 0 Å². The molecule has 0 unspecified atom stereocenters. The van der Waals surface area contributed by atoms with Gasteiger partial charge in [0.1, 0.15) is 11.3 Å². The zero-order valence-electron chi connectivity index (χ0n) is 17.6. The highest BCUT2D eigenvalue weighted by atomic mass is 16.1. The van der Waals surface area contributed by atoms with Crippen LogP contribution < -0.4 is 5.32 Å². The molecule has 1 aliphatic rings. The van der Waals surface area contributed by atoms with Crippen molar-refractivity contribution in [1.82, 2.24) is 24.8 Å². The van der Waals surface area contributed by atoms with Crippen LogP contribution in [-0.2, 0) is 13.0 Å². The highest BCUT2D eigenvalue weighted by Crippen LogP contribution is 2.26. The van der Waals surface area contributed by atoms with Gasteiger partial charge in [-0.25, -0.2) is 9.97 Å². The van der Waals surface area contributed by atoms with Gasteiger partial charge in [0.15, 0.2) is 5.65 Å². The van der Waals surface area contributed by atoms with Crippen molar-refractivity contribution in [3.8, 4) is 0 Å². The third-order valence-electron chi connectivity index (χ3n) is 5.89. The van der Waals surface area contributed by atoms with Crippen molar-refractivity contribution in [2.45, 2.75) is 45.2 Å². The Hall–Kier alpha value is -3.54. The molecule has 1 atom stereocenters. The van der Waals surface area contributed by atoms with Crippen molar-refractivity contribution in [1.29, 1.82) is 0 Å². The molecule has 0 saturated heterocycles. The molecule has 6 nitrogen and oxygen atoms in total. The topological polar surface area (TPSA) is 72.7 Å². The van der Waals surface area contributed by atoms with Gasteiger partial charge in [0.05, 0.1) is 11.6 Å². The van der Waals surface area contributed by atoms with Crippen LogP contribution in [0.15, 0.2) is 60.9 Å². The van der Waals surface area contributed by atoms with Gasteiger partial charge >= 0.3 is 0 Å². The summed E-state index contributed by atoms with van der Waals surface area (Å²) in [5.41, 5.74) is 4.92. The molecule has 1 N–H and O–H groups in total. The van der Waals surface area contributed by atoms with E-state index in [1.165, 1.54) is 6.42 Å². The summed E-state index contributed by atoms with van der Waals surface area (Å²) in [7, 11) is 0. The molecule has 0 fully saturated rings. The van der Waals surface area contributed by atoms with Crippen molar-refractivity contribution in [2.75, 3.05) is 0 Å². The number of nitrogens with zero attached hydrogens (tertiary/aromatic N) is 4. The lowest BCUT2D eigenvalue weighted by molar-refractivity contribution is 0.0944. The molecule has 1 amide bonds. The Morgan fingerprint density at radius 2 is 1.77 bits per heavy atom. The zero-order valence-corrected chi connectivity index (χ0v) is 17.6. The summed E-state index contributed by atoms with van der Waals surface area (Å²) in [4.78, 5) is 27.3. The Bertz CT molecular complexity index is 1180. The minimum absolute atomic E-state index is 0.144. The summed E-state index contributed by atoms with van der Waals surface area (Å²) >= 11 is 0. The lowest BCUT2D eigenvalue weighted by Crippen LogP contribution is -2.29. The van der Waals surface area contributed by atoms with Crippen LogP contribution in [0, 0.1) is 6.92 Å². The van der Waals surface area contributed by atoms with E-state index in [-0.39, 0.29) is 11.9 Å². The van der Waals surface area contributed by atoms with E-state index in [2.05, 4.69) is 14.9 Å². The molecular weight excluding hydrogens is 386 g/mol. The van der Waals surface area contributed by atoms with Crippen LogP contribution in [-0.4, -0.2) is 25.4 Å². The average Bonchev–Trinajstić information content (AvgIpc) is 2.98. The Balaban J connectivity index is 1.56.